The lowest BCUT2D eigenvalue weighted by Gasteiger charge is -2.08. The van der Waals surface area contributed by atoms with Crippen molar-refractivity contribution in [3.63, 3.8) is 0 Å². The van der Waals surface area contributed by atoms with Gasteiger partial charge in [-0.15, -0.1) is 0 Å². The minimum atomic E-state index is -0.913. The van der Waals surface area contributed by atoms with Gasteiger partial charge in [0.15, 0.2) is 11.6 Å². The summed E-state index contributed by atoms with van der Waals surface area (Å²) in [5.74, 6) is -1.82. The molecule has 0 aromatic heterocycles. The average molecular weight is 195 g/mol. The maximum absolute atomic E-state index is 13.3. The molecule has 1 saturated carbocycles. The first-order valence-corrected chi connectivity index (χ1v) is 4.23. The summed E-state index contributed by atoms with van der Waals surface area (Å²) in [6, 6.07) is 3.90. The number of isocyanates is 1. The van der Waals surface area contributed by atoms with Crippen LogP contribution < -0.4 is 0 Å². The largest absolute Gasteiger partial charge is 0.235 e. The Kier molecular flexibility index (Phi) is 1.93. The highest BCUT2D eigenvalue weighted by Gasteiger charge is 2.47. The fraction of sp³-hybridized carbons (Fsp3) is 0.300. The fourth-order valence-electron chi connectivity index (χ4n) is 1.51. The van der Waals surface area contributed by atoms with Gasteiger partial charge in [-0.25, -0.2) is 13.6 Å². The Morgan fingerprint density at radius 3 is 2.64 bits per heavy atom. The Bertz CT molecular complexity index is 420. The third kappa shape index (κ3) is 1.24. The number of rotatable bonds is 2. The summed E-state index contributed by atoms with van der Waals surface area (Å²) >= 11 is 0. The molecule has 0 aliphatic heterocycles. The molecular weight excluding hydrogens is 188 g/mol. The molecule has 4 heteroatoms. The Morgan fingerprint density at radius 1 is 1.36 bits per heavy atom. The van der Waals surface area contributed by atoms with Crippen molar-refractivity contribution in [1.82, 2.24) is 0 Å². The zero-order valence-electron chi connectivity index (χ0n) is 7.26. The number of aliphatic imine (C=N–C) groups is 1. The van der Waals surface area contributed by atoms with E-state index in [1.807, 2.05) is 0 Å². The third-order valence-electron chi connectivity index (χ3n) is 2.44. The van der Waals surface area contributed by atoms with Crippen LogP contribution in [0.4, 0.5) is 8.78 Å². The van der Waals surface area contributed by atoms with Crippen LogP contribution in [0.2, 0.25) is 0 Å². The summed E-state index contributed by atoms with van der Waals surface area (Å²) in [6.07, 6.45) is 2.55. The van der Waals surface area contributed by atoms with Gasteiger partial charge in [0, 0.05) is 5.56 Å². The molecule has 0 bridgehead atoms. The monoisotopic (exact) mass is 195 g/mol. The summed E-state index contributed by atoms with van der Waals surface area (Å²) in [5, 5.41) is 0. The van der Waals surface area contributed by atoms with Crippen LogP contribution in [0, 0.1) is 11.6 Å². The van der Waals surface area contributed by atoms with Crippen molar-refractivity contribution in [3.8, 4) is 0 Å². The van der Waals surface area contributed by atoms with Crippen LogP contribution in [0.5, 0.6) is 0 Å². The normalized spacial score (nSPS) is 17.3. The molecule has 2 nitrogen and oxygen atoms in total. The van der Waals surface area contributed by atoms with Gasteiger partial charge in [-0.1, -0.05) is 12.1 Å². The minimum Gasteiger partial charge on any atom is -0.211 e. The maximum Gasteiger partial charge on any atom is 0.235 e. The zero-order chi connectivity index (χ0) is 10.2. The summed E-state index contributed by atoms with van der Waals surface area (Å²) < 4.78 is 26.2. The van der Waals surface area contributed by atoms with Gasteiger partial charge in [0.25, 0.3) is 0 Å². The Labute approximate surface area is 79.3 Å². The van der Waals surface area contributed by atoms with E-state index < -0.39 is 17.2 Å². The van der Waals surface area contributed by atoms with Gasteiger partial charge in [-0.3, -0.25) is 0 Å². The number of halogens is 2. The van der Waals surface area contributed by atoms with Crippen molar-refractivity contribution in [2.45, 2.75) is 18.4 Å². The lowest BCUT2D eigenvalue weighted by Crippen LogP contribution is -2.06. The SMILES string of the molecule is O=C=NC1(c2cccc(F)c2F)CC1. The molecule has 0 radical (unpaired) electrons. The van der Waals surface area contributed by atoms with Crippen LogP contribution in [-0.4, -0.2) is 6.08 Å². The molecule has 1 aromatic carbocycles. The Balaban J connectivity index is 2.52. The van der Waals surface area contributed by atoms with Gasteiger partial charge in [-0.2, -0.15) is 4.99 Å². The number of hydrogen-bond acceptors (Lipinski definition) is 2. The number of benzene rings is 1. The predicted molar refractivity (Wildman–Crippen MR) is 45.4 cm³/mol. The zero-order valence-corrected chi connectivity index (χ0v) is 7.26. The second-order valence-electron chi connectivity index (χ2n) is 3.34. The van der Waals surface area contributed by atoms with Crippen LogP contribution in [0.1, 0.15) is 18.4 Å². The van der Waals surface area contributed by atoms with E-state index in [4.69, 9.17) is 0 Å². The van der Waals surface area contributed by atoms with Gasteiger partial charge in [0.05, 0.1) is 0 Å². The quantitative estimate of drug-likeness (QED) is 0.525. The van der Waals surface area contributed by atoms with E-state index in [2.05, 4.69) is 4.99 Å². The topological polar surface area (TPSA) is 29.4 Å². The summed E-state index contributed by atoms with van der Waals surface area (Å²) in [6.45, 7) is 0. The molecule has 1 fully saturated rings. The van der Waals surface area contributed by atoms with E-state index in [9.17, 15) is 13.6 Å². The lowest BCUT2D eigenvalue weighted by atomic mass is 10.0. The Morgan fingerprint density at radius 2 is 2.07 bits per heavy atom. The van der Waals surface area contributed by atoms with Crippen molar-refractivity contribution in [2.75, 3.05) is 0 Å². The predicted octanol–water partition coefficient (Wildman–Crippen LogP) is 2.29. The van der Waals surface area contributed by atoms with E-state index in [0.29, 0.717) is 12.8 Å². The summed E-state index contributed by atoms with van der Waals surface area (Å²) in [5.41, 5.74) is -0.686. The van der Waals surface area contributed by atoms with Crippen LogP contribution in [0.25, 0.3) is 0 Å². The Hall–Kier alpha value is -1.54. The number of carbonyl (C=O) groups excluding carboxylic acids is 1. The first-order valence-electron chi connectivity index (χ1n) is 4.23. The second-order valence-corrected chi connectivity index (χ2v) is 3.34. The highest BCUT2D eigenvalue weighted by molar-refractivity contribution is 5.41. The first kappa shape index (κ1) is 9.03. The maximum atomic E-state index is 13.3. The van der Waals surface area contributed by atoms with E-state index >= 15 is 0 Å². The van der Waals surface area contributed by atoms with Crippen molar-refractivity contribution >= 4 is 6.08 Å². The van der Waals surface area contributed by atoms with Gasteiger partial charge in [0.1, 0.15) is 5.54 Å². The second kappa shape index (κ2) is 3.00. The van der Waals surface area contributed by atoms with Crippen molar-refractivity contribution in [1.29, 1.82) is 0 Å². The molecule has 2 rings (SSSR count). The van der Waals surface area contributed by atoms with Gasteiger partial charge in [-0.05, 0) is 18.9 Å². The van der Waals surface area contributed by atoms with Gasteiger partial charge < -0.3 is 0 Å². The highest BCUT2D eigenvalue weighted by Crippen LogP contribution is 2.50. The average Bonchev–Trinajstić information content (AvgIpc) is 2.91. The number of hydrogen-bond donors (Lipinski definition) is 0. The van der Waals surface area contributed by atoms with Crippen molar-refractivity contribution in [2.24, 2.45) is 4.99 Å². The fourth-order valence-corrected chi connectivity index (χ4v) is 1.51. The van der Waals surface area contributed by atoms with Crippen molar-refractivity contribution < 1.29 is 13.6 Å². The minimum absolute atomic E-state index is 0.154. The van der Waals surface area contributed by atoms with Gasteiger partial charge in [0.2, 0.25) is 6.08 Å². The molecule has 14 heavy (non-hydrogen) atoms. The van der Waals surface area contributed by atoms with Crippen LogP contribution in [-0.2, 0) is 10.3 Å². The van der Waals surface area contributed by atoms with E-state index in [-0.39, 0.29) is 5.56 Å². The van der Waals surface area contributed by atoms with E-state index in [1.165, 1.54) is 18.2 Å². The van der Waals surface area contributed by atoms with E-state index in [1.54, 1.807) is 0 Å². The molecule has 1 aromatic rings. The smallest absolute Gasteiger partial charge is 0.211 e. The summed E-state index contributed by atoms with van der Waals surface area (Å²) in [7, 11) is 0. The van der Waals surface area contributed by atoms with Crippen LogP contribution >= 0.6 is 0 Å². The molecular formula is C10H7F2NO. The molecule has 0 saturated heterocycles. The molecule has 0 heterocycles. The third-order valence-corrected chi connectivity index (χ3v) is 2.44. The molecule has 0 atom stereocenters. The molecule has 1 aliphatic rings. The molecule has 0 unspecified atom stereocenters. The lowest BCUT2D eigenvalue weighted by molar-refractivity contribution is 0.484. The molecule has 1 aliphatic carbocycles. The van der Waals surface area contributed by atoms with Crippen molar-refractivity contribution in [3.05, 3.63) is 35.4 Å². The standard InChI is InChI=1S/C10H7F2NO/c11-8-3-1-2-7(9(8)12)10(4-5-10)13-6-14/h1-3H,4-5H2. The number of nitrogens with zero attached hydrogens (tertiary/aromatic N) is 1. The molecule has 0 N–H and O–H groups in total. The molecule has 0 spiro atoms. The summed E-state index contributed by atoms with van der Waals surface area (Å²) in [4.78, 5) is 13.6. The first-order chi connectivity index (χ1) is 6.69. The molecule has 0 amide bonds. The highest BCUT2D eigenvalue weighted by atomic mass is 19.2. The van der Waals surface area contributed by atoms with Crippen LogP contribution in [0.3, 0.4) is 0 Å². The van der Waals surface area contributed by atoms with Crippen LogP contribution in [0.15, 0.2) is 23.2 Å². The van der Waals surface area contributed by atoms with Gasteiger partial charge >= 0.3 is 0 Å². The van der Waals surface area contributed by atoms with E-state index in [0.717, 1.165) is 6.07 Å². The molecule has 72 valence electrons.